The molecule has 0 aliphatic carbocycles. The van der Waals surface area contributed by atoms with Crippen molar-refractivity contribution in [3.63, 3.8) is 0 Å². The molecule has 0 radical (unpaired) electrons. The molecule has 0 atom stereocenters. The van der Waals surface area contributed by atoms with Gasteiger partial charge in [-0.05, 0) is 24.1 Å². The van der Waals surface area contributed by atoms with E-state index in [1.807, 2.05) is 48.0 Å². The standard InChI is InChI=1S/C20H18ClN5OS/c1-3-13-8-10-14(11-9-13)18-22-17(27-25-18)12-28-20-24-23-19(26(20)2)15-6-4-5-7-16(15)21/h4-11H,3,12H2,1-2H3. The Morgan fingerprint density at radius 2 is 1.86 bits per heavy atom. The van der Waals surface area contributed by atoms with Crippen LogP contribution in [0.2, 0.25) is 5.02 Å². The van der Waals surface area contributed by atoms with Crippen LogP contribution in [0.15, 0.2) is 58.2 Å². The van der Waals surface area contributed by atoms with Crippen LogP contribution in [0.5, 0.6) is 0 Å². The zero-order valence-electron chi connectivity index (χ0n) is 15.5. The number of halogens is 1. The van der Waals surface area contributed by atoms with Gasteiger partial charge in [0.25, 0.3) is 0 Å². The lowest BCUT2D eigenvalue weighted by atomic mass is 10.1. The van der Waals surface area contributed by atoms with E-state index in [1.165, 1.54) is 17.3 Å². The Kier molecular flexibility index (Phi) is 5.45. The first kappa shape index (κ1) is 18.7. The second-order valence-corrected chi connectivity index (χ2v) is 7.55. The van der Waals surface area contributed by atoms with Crippen LogP contribution >= 0.6 is 23.4 Å². The van der Waals surface area contributed by atoms with Crippen LogP contribution in [-0.2, 0) is 19.2 Å². The summed E-state index contributed by atoms with van der Waals surface area (Å²) >= 11 is 7.76. The van der Waals surface area contributed by atoms with Gasteiger partial charge in [0.05, 0.1) is 10.8 Å². The van der Waals surface area contributed by atoms with Gasteiger partial charge in [0.1, 0.15) is 0 Å². The van der Waals surface area contributed by atoms with Gasteiger partial charge in [-0.15, -0.1) is 10.2 Å². The summed E-state index contributed by atoms with van der Waals surface area (Å²) in [6.45, 7) is 2.13. The smallest absolute Gasteiger partial charge is 0.237 e. The Hall–Kier alpha value is -2.64. The lowest BCUT2D eigenvalue weighted by Crippen LogP contribution is -1.95. The molecule has 28 heavy (non-hydrogen) atoms. The summed E-state index contributed by atoms with van der Waals surface area (Å²) in [7, 11) is 1.91. The first-order valence-electron chi connectivity index (χ1n) is 8.84. The highest BCUT2D eigenvalue weighted by Crippen LogP contribution is 2.29. The topological polar surface area (TPSA) is 69.6 Å². The lowest BCUT2D eigenvalue weighted by molar-refractivity contribution is 0.391. The van der Waals surface area contributed by atoms with E-state index in [-0.39, 0.29) is 0 Å². The van der Waals surface area contributed by atoms with Crippen LogP contribution in [0, 0.1) is 0 Å². The van der Waals surface area contributed by atoms with Gasteiger partial charge >= 0.3 is 0 Å². The Morgan fingerprint density at radius 3 is 2.61 bits per heavy atom. The fraction of sp³-hybridized carbons (Fsp3) is 0.200. The van der Waals surface area contributed by atoms with Crippen molar-refractivity contribution in [3.05, 3.63) is 65.0 Å². The van der Waals surface area contributed by atoms with Gasteiger partial charge in [0.15, 0.2) is 11.0 Å². The molecular formula is C20H18ClN5OS. The van der Waals surface area contributed by atoms with Gasteiger partial charge in [-0.25, -0.2) is 0 Å². The third-order valence-electron chi connectivity index (χ3n) is 4.36. The second kappa shape index (κ2) is 8.16. The molecule has 2 heterocycles. The van der Waals surface area contributed by atoms with Gasteiger partial charge in [-0.3, -0.25) is 0 Å². The molecule has 4 rings (SSSR count). The normalized spacial score (nSPS) is 11.1. The van der Waals surface area contributed by atoms with Crippen LogP contribution in [0.25, 0.3) is 22.8 Å². The molecule has 6 nitrogen and oxygen atoms in total. The van der Waals surface area contributed by atoms with Crippen LogP contribution in [-0.4, -0.2) is 24.9 Å². The first-order valence-corrected chi connectivity index (χ1v) is 10.2. The van der Waals surface area contributed by atoms with Crippen molar-refractivity contribution < 1.29 is 4.52 Å². The van der Waals surface area contributed by atoms with Crippen LogP contribution in [0.4, 0.5) is 0 Å². The highest BCUT2D eigenvalue weighted by atomic mass is 35.5. The maximum Gasteiger partial charge on any atom is 0.237 e. The molecule has 2 aromatic carbocycles. The molecule has 4 aromatic rings. The van der Waals surface area contributed by atoms with Crippen LogP contribution < -0.4 is 0 Å². The van der Waals surface area contributed by atoms with E-state index in [4.69, 9.17) is 16.1 Å². The largest absolute Gasteiger partial charge is 0.338 e. The van der Waals surface area contributed by atoms with Crippen molar-refractivity contribution in [2.24, 2.45) is 7.05 Å². The van der Waals surface area contributed by atoms with E-state index in [9.17, 15) is 0 Å². The van der Waals surface area contributed by atoms with E-state index in [2.05, 4.69) is 39.4 Å². The van der Waals surface area contributed by atoms with Crippen molar-refractivity contribution in [1.29, 1.82) is 0 Å². The monoisotopic (exact) mass is 411 g/mol. The van der Waals surface area contributed by atoms with Gasteiger partial charge in [0, 0.05) is 18.2 Å². The maximum atomic E-state index is 6.27. The maximum absolute atomic E-state index is 6.27. The molecule has 0 fully saturated rings. The van der Waals surface area contributed by atoms with Crippen molar-refractivity contribution in [2.45, 2.75) is 24.3 Å². The number of hydrogen-bond acceptors (Lipinski definition) is 6. The van der Waals surface area contributed by atoms with E-state index in [0.29, 0.717) is 22.5 Å². The van der Waals surface area contributed by atoms with Crippen molar-refractivity contribution in [1.82, 2.24) is 24.9 Å². The number of aryl methyl sites for hydroxylation is 1. The molecule has 142 valence electrons. The summed E-state index contributed by atoms with van der Waals surface area (Å²) in [5.41, 5.74) is 3.07. The third kappa shape index (κ3) is 3.81. The minimum atomic E-state index is 0.508. The fourth-order valence-corrected chi connectivity index (χ4v) is 3.73. The SMILES string of the molecule is CCc1ccc(-c2noc(CSc3nnc(-c4ccccc4Cl)n3C)n2)cc1. The molecule has 0 saturated heterocycles. The number of hydrogen-bond donors (Lipinski definition) is 0. The highest BCUT2D eigenvalue weighted by molar-refractivity contribution is 7.98. The zero-order valence-corrected chi connectivity index (χ0v) is 17.0. The molecule has 0 spiro atoms. The van der Waals surface area contributed by atoms with E-state index in [0.717, 1.165) is 28.5 Å². The molecule has 0 aliphatic heterocycles. The molecule has 0 unspecified atom stereocenters. The molecule has 0 amide bonds. The summed E-state index contributed by atoms with van der Waals surface area (Å²) in [5.74, 6) is 2.36. The molecule has 0 saturated carbocycles. The summed E-state index contributed by atoms with van der Waals surface area (Å²) in [6, 6.07) is 15.8. The fourth-order valence-electron chi connectivity index (χ4n) is 2.76. The first-order chi connectivity index (χ1) is 13.7. The Morgan fingerprint density at radius 1 is 1.07 bits per heavy atom. The average molecular weight is 412 g/mol. The van der Waals surface area contributed by atoms with Crippen LogP contribution in [0.1, 0.15) is 18.4 Å². The van der Waals surface area contributed by atoms with E-state index in [1.54, 1.807) is 0 Å². The number of aromatic nitrogens is 5. The molecule has 0 N–H and O–H groups in total. The Balaban J connectivity index is 1.47. The number of thioether (sulfide) groups is 1. The molecule has 0 aliphatic rings. The van der Waals surface area contributed by atoms with Crippen LogP contribution in [0.3, 0.4) is 0 Å². The highest BCUT2D eigenvalue weighted by Gasteiger charge is 2.15. The Bertz CT molecular complexity index is 1090. The zero-order chi connectivity index (χ0) is 19.5. The van der Waals surface area contributed by atoms with E-state index >= 15 is 0 Å². The number of nitrogens with zero attached hydrogens (tertiary/aromatic N) is 5. The van der Waals surface area contributed by atoms with Crippen molar-refractivity contribution in [3.8, 4) is 22.8 Å². The summed E-state index contributed by atoms with van der Waals surface area (Å²) in [5, 5.41) is 14.0. The van der Waals surface area contributed by atoms with Gasteiger partial charge in [-0.2, -0.15) is 4.98 Å². The average Bonchev–Trinajstić information content (AvgIpc) is 3.34. The second-order valence-electron chi connectivity index (χ2n) is 6.20. The van der Waals surface area contributed by atoms with Gasteiger partial charge in [-0.1, -0.05) is 71.8 Å². The molecule has 0 bridgehead atoms. The molecule has 2 aromatic heterocycles. The predicted molar refractivity (Wildman–Crippen MR) is 110 cm³/mol. The van der Waals surface area contributed by atoms with Crippen molar-refractivity contribution in [2.75, 3.05) is 0 Å². The number of benzene rings is 2. The Labute approximate surface area is 172 Å². The third-order valence-corrected chi connectivity index (χ3v) is 5.70. The van der Waals surface area contributed by atoms with Gasteiger partial charge < -0.3 is 9.09 Å². The van der Waals surface area contributed by atoms with Crippen molar-refractivity contribution >= 4 is 23.4 Å². The minimum Gasteiger partial charge on any atom is -0.338 e. The predicted octanol–water partition coefficient (Wildman–Crippen LogP) is 5.04. The summed E-state index contributed by atoms with van der Waals surface area (Å²) in [6.07, 6.45) is 1.00. The van der Waals surface area contributed by atoms with E-state index < -0.39 is 0 Å². The quantitative estimate of drug-likeness (QED) is 0.414. The minimum absolute atomic E-state index is 0.508. The van der Waals surface area contributed by atoms with Gasteiger partial charge in [0.2, 0.25) is 11.7 Å². The number of rotatable bonds is 6. The molecular weight excluding hydrogens is 394 g/mol. The lowest BCUT2D eigenvalue weighted by Gasteiger charge is -2.04. The summed E-state index contributed by atoms with van der Waals surface area (Å²) in [4.78, 5) is 4.48. The molecule has 8 heteroatoms. The summed E-state index contributed by atoms with van der Waals surface area (Å²) < 4.78 is 7.30.